The zero-order chi connectivity index (χ0) is 12.5. The van der Waals surface area contributed by atoms with Gasteiger partial charge in [0.25, 0.3) is 0 Å². The molecule has 0 N–H and O–H groups in total. The predicted octanol–water partition coefficient (Wildman–Crippen LogP) is 4.13. The summed E-state index contributed by atoms with van der Waals surface area (Å²) in [6.45, 7) is 1.28. The molecule has 2 aliphatic heterocycles. The topological polar surface area (TPSA) is 61.2 Å². The van der Waals surface area contributed by atoms with Gasteiger partial charge in [-0.2, -0.15) is 9.33 Å². The van der Waals surface area contributed by atoms with Gasteiger partial charge >= 0.3 is 0 Å². The number of ether oxygens (including phenoxy) is 1. The van der Waals surface area contributed by atoms with E-state index in [-0.39, 0.29) is 0 Å². The smallest absolute Gasteiger partial charge is 0.128 e. The molecular weight excluding hydrogens is 316 g/mol. The first kappa shape index (κ1) is 11.8. The molecule has 0 bridgehead atoms. The van der Waals surface area contributed by atoms with Gasteiger partial charge in [-0.3, -0.25) is 0 Å². The van der Waals surface area contributed by atoms with Gasteiger partial charge in [-0.15, -0.1) is 5.53 Å². The van der Waals surface area contributed by atoms with Gasteiger partial charge < -0.3 is 4.74 Å². The van der Waals surface area contributed by atoms with Crippen LogP contribution in [0.2, 0.25) is 0 Å². The van der Waals surface area contributed by atoms with Gasteiger partial charge in [0.05, 0.1) is 18.6 Å². The van der Waals surface area contributed by atoms with E-state index in [1.54, 1.807) is 4.41 Å². The molecule has 0 spiro atoms. The predicted molar refractivity (Wildman–Crippen MR) is 74.6 cm³/mol. The van der Waals surface area contributed by atoms with Crippen LogP contribution in [-0.4, -0.2) is 17.6 Å². The van der Waals surface area contributed by atoms with E-state index >= 15 is 0 Å². The summed E-state index contributed by atoms with van der Waals surface area (Å²) >= 11 is 4.95. The molecule has 18 heavy (non-hydrogen) atoms. The van der Waals surface area contributed by atoms with Crippen molar-refractivity contribution in [3.8, 4) is 5.75 Å². The van der Waals surface area contributed by atoms with Crippen molar-refractivity contribution in [3.05, 3.63) is 43.6 Å². The maximum Gasteiger partial charge on any atom is 0.128 e. The van der Waals surface area contributed by atoms with Crippen LogP contribution in [0.25, 0.3) is 16.0 Å². The van der Waals surface area contributed by atoms with Crippen molar-refractivity contribution in [2.45, 2.75) is 6.42 Å². The minimum Gasteiger partial charge on any atom is -0.493 e. The molecule has 1 aromatic rings. The first-order valence-electron chi connectivity index (χ1n) is 5.43. The third kappa shape index (κ3) is 2.05. The van der Waals surface area contributed by atoms with E-state index in [9.17, 15) is 0 Å². The summed E-state index contributed by atoms with van der Waals surface area (Å²) < 4.78 is 8.43. The Hall–Kier alpha value is -1.30. The van der Waals surface area contributed by atoms with Crippen molar-refractivity contribution in [2.24, 2.45) is 5.22 Å². The molecular formula is C11H9BrN4OS. The fourth-order valence-corrected chi connectivity index (χ4v) is 3.40. The third-order valence-corrected chi connectivity index (χ3v) is 4.42. The van der Waals surface area contributed by atoms with Crippen LogP contribution in [0, 0.1) is 0 Å². The van der Waals surface area contributed by atoms with Crippen LogP contribution in [0.5, 0.6) is 5.75 Å². The lowest BCUT2D eigenvalue weighted by Gasteiger charge is -2.10. The van der Waals surface area contributed by atoms with Crippen molar-refractivity contribution in [2.75, 3.05) is 13.2 Å². The molecule has 2 heterocycles. The van der Waals surface area contributed by atoms with Crippen LogP contribution in [0.1, 0.15) is 12.0 Å². The van der Waals surface area contributed by atoms with E-state index < -0.39 is 0 Å². The van der Waals surface area contributed by atoms with E-state index in [0.717, 1.165) is 22.2 Å². The van der Waals surface area contributed by atoms with Crippen LogP contribution < -0.4 is 4.74 Å². The lowest BCUT2D eigenvalue weighted by molar-refractivity contribution is 0.325. The molecule has 0 aromatic heterocycles. The summed E-state index contributed by atoms with van der Waals surface area (Å²) in [6, 6.07) is 6.02. The molecule has 92 valence electrons. The Morgan fingerprint density at radius 3 is 3.22 bits per heavy atom. The normalized spacial score (nSPS) is 17.5. The Kier molecular flexibility index (Phi) is 3.11. The highest BCUT2D eigenvalue weighted by Crippen LogP contribution is 2.45. The fraction of sp³-hybridized carbons (Fsp3) is 0.273. The Balaban J connectivity index is 2.02. The number of fused-ring (bicyclic) bond motifs is 2. The van der Waals surface area contributed by atoms with Crippen LogP contribution >= 0.6 is 27.9 Å². The Bertz CT molecular complexity index is 582. The lowest BCUT2D eigenvalue weighted by atomic mass is 10.0. The highest BCUT2D eigenvalue weighted by atomic mass is 79.9. The number of rotatable bonds is 1. The number of nitrogens with zero attached hydrogens (tertiary/aromatic N) is 4. The molecule has 2 aliphatic rings. The third-order valence-electron chi connectivity index (χ3n) is 2.84. The monoisotopic (exact) mass is 324 g/mol. The molecule has 0 atom stereocenters. The van der Waals surface area contributed by atoms with Crippen LogP contribution in [0.3, 0.4) is 0 Å². The molecule has 0 saturated heterocycles. The standard InChI is InChI=1S/C11H9BrN4OS/c12-7-1-2-8-9-6-16(15-14-13)18-11(9)3-4-17-10(8)5-7/h1-2,5H,3-4,6H2. The van der Waals surface area contributed by atoms with E-state index in [0.29, 0.717) is 13.2 Å². The van der Waals surface area contributed by atoms with E-state index in [4.69, 9.17) is 10.3 Å². The second kappa shape index (κ2) is 4.76. The summed E-state index contributed by atoms with van der Waals surface area (Å²) in [5, 5.41) is 3.65. The molecule has 0 aliphatic carbocycles. The van der Waals surface area contributed by atoms with E-state index in [2.05, 4.69) is 26.1 Å². The lowest BCUT2D eigenvalue weighted by Crippen LogP contribution is -2.05. The number of halogens is 1. The molecule has 7 heteroatoms. The maximum absolute atomic E-state index is 8.50. The first-order chi connectivity index (χ1) is 8.78. The van der Waals surface area contributed by atoms with Gasteiger partial charge in [0.1, 0.15) is 12.3 Å². The van der Waals surface area contributed by atoms with Crippen molar-refractivity contribution in [1.82, 2.24) is 4.41 Å². The average molecular weight is 325 g/mol. The van der Waals surface area contributed by atoms with Gasteiger partial charge in [-0.05, 0) is 23.4 Å². The highest BCUT2D eigenvalue weighted by molar-refractivity contribution is 9.10. The number of hydrogen-bond acceptors (Lipinski definition) is 3. The van der Waals surface area contributed by atoms with Gasteiger partial charge in [0, 0.05) is 26.9 Å². The molecule has 5 nitrogen and oxygen atoms in total. The summed E-state index contributed by atoms with van der Waals surface area (Å²) in [5.41, 5.74) is 10.8. The number of azide groups is 1. The van der Waals surface area contributed by atoms with Gasteiger partial charge in [0.15, 0.2) is 0 Å². The second-order valence-corrected chi connectivity index (χ2v) is 5.93. The zero-order valence-electron chi connectivity index (χ0n) is 9.34. The largest absolute Gasteiger partial charge is 0.493 e. The molecule has 0 amide bonds. The van der Waals surface area contributed by atoms with Crippen molar-refractivity contribution in [3.63, 3.8) is 0 Å². The zero-order valence-corrected chi connectivity index (χ0v) is 11.7. The Morgan fingerprint density at radius 2 is 2.39 bits per heavy atom. The van der Waals surface area contributed by atoms with Crippen LogP contribution in [0.15, 0.2) is 32.8 Å². The van der Waals surface area contributed by atoms with Crippen molar-refractivity contribution < 1.29 is 4.74 Å². The molecule has 3 rings (SSSR count). The fourth-order valence-electron chi connectivity index (χ4n) is 2.08. The second-order valence-electron chi connectivity index (χ2n) is 3.92. The van der Waals surface area contributed by atoms with Crippen molar-refractivity contribution in [1.29, 1.82) is 0 Å². The summed E-state index contributed by atoms with van der Waals surface area (Å²) in [5.74, 6) is 0.887. The van der Waals surface area contributed by atoms with Gasteiger partial charge in [-0.25, -0.2) is 0 Å². The SMILES string of the molecule is [N-]=[N+]=NN1CC2=C(CCOc3cc(Br)ccc32)S1. The van der Waals surface area contributed by atoms with Crippen LogP contribution in [0.4, 0.5) is 0 Å². The quantitative estimate of drug-likeness (QED) is 0.337. The average Bonchev–Trinajstić information content (AvgIpc) is 2.66. The minimum absolute atomic E-state index is 0.627. The molecule has 1 aromatic carbocycles. The molecule has 0 radical (unpaired) electrons. The van der Waals surface area contributed by atoms with Gasteiger partial charge in [0.2, 0.25) is 0 Å². The minimum atomic E-state index is 0.627. The van der Waals surface area contributed by atoms with Crippen LogP contribution in [-0.2, 0) is 0 Å². The Morgan fingerprint density at radius 1 is 1.50 bits per heavy atom. The molecule has 0 fully saturated rings. The Labute approximate surface area is 117 Å². The summed E-state index contributed by atoms with van der Waals surface area (Å²) in [6.07, 6.45) is 0.851. The molecule has 0 saturated carbocycles. The number of hydrogen-bond donors (Lipinski definition) is 0. The van der Waals surface area contributed by atoms with Gasteiger partial charge in [-0.1, -0.05) is 15.9 Å². The maximum atomic E-state index is 8.50. The molecule has 0 unspecified atom stereocenters. The van der Waals surface area contributed by atoms with E-state index in [1.165, 1.54) is 22.4 Å². The highest BCUT2D eigenvalue weighted by Gasteiger charge is 2.30. The van der Waals surface area contributed by atoms with E-state index in [1.807, 2.05) is 18.2 Å². The first-order valence-corrected chi connectivity index (χ1v) is 7.00. The summed E-state index contributed by atoms with van der Waals surface area (Å²) in [7, 11) is 0. The van der Waals surface area contributed by atoms with Crippen molar-refractivity contribution >= 4 is 33.5 Å². The summed E-state index contributed by atoms with van der Waals surface area (Å²) in [4.78, 5) is 4.06. The number of benzene rings is 1.